The molecule has 182 valence electrons. The molecule has 3 aromatic carbocycles. The van der Waals surface area contributed by atoms with Gasteiger partial charge < -0.3 is 4.84 Å². The van der Waals surface area contributed by atoms with Crippen LogP contribution in [0, 0.1) is 0 Å². The van der Waals surface area contributed by atoms with E-state index in [1.54, 1.807) is 60.7 Å². The Balaban J connectivity index is 1.31. The summed E-state index contributed by atoms with van der Waals surface area (Å²) in [4.78, 5) is 73.6. The number of amides is 4. The summed E-state index contributed by atoms with van der Waals surface area (Å²) in [5.41, 5.74) is 1.67. The summed E-state index contributed by atoms with van der Waals surface area (Å²) in [5, 5.41) is 7.76. The van der Waals surface area contributed by atoms with Crippen LogP contribution in [0.3, 0.4) is 0 Å². The standard InChI is InChI=1S/C26H17N5O6/c32-22-15-7-1-2-8-16(15)23(33)29(22)14-13-21(30-24(34)17-9-3-4-10-18(17)25(30)35)26(36)37-31-20-12-6-5-11-19(20)27-28-31/h1-12,21H,13-14H2. The van der Waals surface area contributed by atoms with Gasteiger partial charge >= 0.3 is 5.97 Å². The molecule has 0 N–H and O–H groups in total. The van der Waals surface area contributed by atoms with Gasteiger partial charge in [-0.2, -0.15) is 0 Å². The fraction of sp³-hybridized carbons (Fsp3) is 0.115. The van der Waals surface area contributed by atoms with Crippen molar-refractivity contribution in [3.05, 3.63) is 95.1 Å². The van der Waals surface area contributed by atoms with Gasteiger partial charge in [-0.05, 0) is 48.0 Å². The van der Waals surface area contributed by atoms with Crippen LogP contribution in [-0.4, -0.2) is 67.1 Å². The molecule has 2 aliphatic rings. The van der Waals surface area contributed by atoms with E-state index in [4.69, 9.17) is 4.84 Å². The Morgan fingerprint density at radius 1 is 0.730 bits per heavy atom. The molecule has 0 saturated heterocycles. The van der Waals surface area contributed by atoms with Crippen molar-refractivity contribution in [1.29, 1.82) is 0 Å². The highest BCUT2D eigenvalue weighted by Gasteiger charge is 2.45. The molecule has 6 rings (SSSR count). The Morgan fingerprint density at radius 3 is 1.84 bits per heavy atom. The van der Waals surface area contributed by atoms with Crippen molar-refractivity contribution in [2.24, 2.45) is 0 Å². The summed E-state index contributed by atoms with van der Waals surface area (Å²) in [5.74, 6) is -3.35. The summed E-state index contributed by atoms with van der Waals surface area (Å²) >= 11 is 0. The van der Waals surface area contributed by atoms with Crippen LogP contribution in [0.25, 0.3) is 11.0 Å². The lowest BCUT2D eigenvalue weighted by molar-refractivity contribution is -0.150. The van der Waals surface area contributed by atoms with Crippen LogP contribution >= 0.6 is 0 Å². The zero-order chi connectivity index (χ0) is 25.7. The highest BCUT2D eigenvalue weighted by Crippen LogP contribution is 2.28. The third-order valence-electron chi connectivity index (χ3n) is 6.41. The molecule has 1 unspecified atom stereocenters. The molecule has 1 aromatic heterocycles. The predicted molar refractivity (Wildman–Crippen MR) is 126 cm³/mol. The number of carbonyl (C=O) groups excluding carboxylic acids is 5. The van der Waals surface area contributed by atoms with Gasteiger partial charge in [-0.15, -0.1) is 5.10 Å². The predicted octanol–water partition coefficient (Wildman–Crippen LogP) is 1.74. The monoisotopic (exact) mass is 495 g/mol. The Labute approximate surface area is 208 Å². The molecule has 0 spiro atoms. The first-order valence-electron chi connectivity index (χ1n) is 11.4. The first kappa shape index (κ1) is 22.3. The van der Waals surface area contributed by atoms with Crippen molar-refractivity contribution >= 4 is 40.6 Å². The maximum Gasteiger partial charge on any atom is 0.357 e. The second-order valence-corrected chi connectivity index (χ2v) is 8.50. The maximum atomic E-state index is 13.4. The summed E-state index contributed by atoms with van der Waals surface area (Å²) in [6, 6.07) is 17.9. The van der Waals surface area contributed by atoms with E-state index in [1.807, 2.05) is 0 Å². The number of nitrogens with zero attached hydrogens (tertiary/aromatic N) is 5. The van der Waals surface area contributed by atoms with Gasteiger partial charge in [0.05, 0.1) is 22.3 Å². The van der Waals surface area contributed by atoms with Gasteiger partial charge in [0.25, 0.3) is 23.6 Å². The third kappa shape index (κ3) is 3.47. The van der Waals surface area contributed by atoms with Crippen LogP contribution in [0.4, 0.5) is 0 Å². The fourth-order valence-electron chi connectivity index (χ4n) is 4.60. The molecule has 0 radical (unpaired) electrons. The smallest absolute Gasteiger partial charge is 0.315 e. The van der Waals surface area contributed by atoms with Crippen molar-refractivity contribution in [1.82, 2.24) is 25.0 Å². The number of imide groups is 2. The maximum absolute atomic E-state index is 13.4. The quantitative estimate of drug-likeness (QED) is 0.292. The Morgan fingerprint density at radius 2 is 1.24 bits per heavy atom. The van der Waals surface area contributed by atoms with Crippen molar-refractivity contribution in [2.75, 3.05) is 6.54 Å². The fourth-order valence-corrected chi connectivity index (χ4v) is 4.60. The average Bonchev–Trinajstić information content (AvgIpc) is 3.52. The molecule has 2 aliphatic heterocycles. The lowest BCUT2D eigenvalue weighted by atomic mass is 10.1. The Bertz CT molecular complexity index is 1570. The Kier molecular flexibility index (Phi) is 5.11. The van der Waals surface area contributed by atoms with E-state index >= 15 is 0 Å². The van der Waals surface area contributed by atoms with E-state index in [2.05, 4.69) is 10.3 Å². The molecule has 3 heterocycles. The van der Waals surface area contributed by atoms with Gasteiger partial charge in [-0.1, -0.05) is 41.2 Å². The number of rotatable bonds is 6. The number of fused-ring (bicyclic) bond motifs is 3. The van der Waals surface area contributed by atoms with E-state index in [-0.39, 0.29) is 35.2 Å². The van der Waals surface area contributed by atoms with Crippen molar-refractivity contribution in [3.8, 4) is 0 Å². The number of hydrogen-bond donors (Lipinski definition) is 0. The van der Waals surface area contributed by atoms with Crippen LogP contribution < -0.4 is 4.84 Å². The number of aromatic nitrogens is 3. The minimum atomic E-state index is -1.44. The highest BCUT2D eigenvalue weighted by atomic mass is 16.7. The van der Waals surface area contributed by atoms with Crippen LogP contribution in [0.15, 0.2) is 72.8 Å². The zero-order valence-corrected chi connectivity index (χ0v) is 19.1. The third-order valence-corrected chi connectivity index (χ3v) is 6.41. The molecule has 11 nitrogen and oxygen atoms in total. The van der Waals surface area contributed by atoms with Gasteiger partial charge in [0.1, 0.15) is 17.1 Å². The minimum absolute atomic E-state index is 0.150. The van der Waals surface area contributed by atoms with E-state index in [0.717, 1.165) is 14.6 Å². The topological polar surface area (TPSA) is 132 Å². The Hall–Kier alpha value is -5.19. The lowest BCUT2D eigenvalue weighted by Crippen LogP contribution is -2.50. The number of benzene rings is 3. The summed E-state index contributed by atoms with van der Waals surface area (Å²) in [7, 11) is 0. The minimum Gasteiger partial charge on any atom is -0.315 e. The first-order valence-corrected chi connectivity index (χ1v) is 11.4. The molecular weight excluding hydrogens is 478 g/mol. The van der Waals surface area contributed by atoms with Crippen LogP contribution in [0.1, 0.15) is 47.9 Å². The summed E-state index contributed by atoms with van der Waals surface area (Å²) in [6.07, 6.45) is -0.234. The van der Waals surface area contributed by atoms with Gasteiger partial charge in [0, 0.05) is 6.54 Å². The number of carbonyl (C=O) groups is 5. The molecule has 0 saturated carbocycles. The largest absolute Gasteiger partial charge is 0.357 e. The van der Waals surface area contributed by atoms with Gasteiger partial charge in [-0.25, -0.2) is 4.79 Å². The lowest BCUT2D eigenvalue weighted by Gasteiger charge is -2.25. The zero-order valence-electron chi connectivity index (χ0n) is 19.1. The second-order valence-electron chi connectivity index (χ2n) is 8.50. The SMILES string of the molecule is O=C(On1nnc2ccccc21)C(CCN1C(=O)c2ccccc2C1=O)N1C(=O)c2ccccc2C1=O. The molecule has 0 aliphatic carbocycles. The highest BCUT2D eigenvalue weighted by molar-refractivity contribution is 6.23. The van der Waals surface area contributed by atoms with Crippen molar-refractivity contribution < 1.29 is 28.8 Å². The van der Waals surface area contributed by atoms with E-state index < -0.39 is 35.6 Å². The molecule has 0 fully saturated rings. The van der Waals surface area contributed by atoms with Gasteiger partial charge in [0.2, 0.25) is 0 Å². The summed E-state index contributed by atoms with van der Waals surface area (Å²) in [6.45, 7) is -0.225. The molecule has 11 heteroatoms. The molecule has 1 atom stereocenters. The summed E-state index contributed by atoms with van der Waals surface area (Å²) < 4.78 is 0. The molecular formula is C26H17N5O6. The number of hydrogen-bond acceptors (Lipinski definition) is 8. The molecule has 0 bridgehead atoms. The van der Waals surface area contributed by atoms with Crippen LogP contribution in [0.2, 0.25) is 0 Å². The first-order chi connectivity index (χ1) is 18.0. The van der Waals surface area contributed by atoms with Crippen LogP contribution in [-0.2, 0) is 4.79 Å². The normalized spacial score (nSPS) is 15.4. The van der Waals surface area contributed by atoms with Crippen LogP contribution in [0.5, 0.6) is 0 Å². The average molecular weight is 495 g/mol. The van der Waals surface area contributed by atoms with E-state index in [1.165, 1.54) is 12.1 Å². The molecule has 37 heavy (non-hydrogen) atoms. The van der Waals surface area contributed by atoms with E-state index in [0.29, 0.717) is 11.0 Å². The van der Waals surface area contributed by atoms with Gasteiger partial charge in [0.15, 0.2) is 0 Å². The second kappa shape index (κ2) is 8.48. The molecule has 4 amide bonds. The molecule has 4 aromatic rings. The van der Waals surface area contributed by atoms with Crippen molar-refractivity contribution in [3.63, 3.8) is 0 Å². The van der Waals surface area contributed by atoms with Crippen molar-refractivity contribution in [2.45, 2.75) is 12.5 Å². The van der Waals surface area contributed by atoms with E-state index in [9.17, 15) is 24.0 Å². The number of para-hydroxylation sites is 1. The van der Waals surface area contributed by atoms with Gasteiger partial charge in [-0.3, -0.25) is 29.0 Å².